The van der Waals surface area contributed by atoms with Crippen LogP contribution in [-0.4, -0.2) is 22.5 Å². The molecule has 0 bridgehead atoms. The lowest BCUT2D eigenvalue weighted by molar-refractivity contribution is -0.115. The largest absolute Gasteiger partial charge is 0.504 e. The maximum atomic E-state index is 11.7. The Morgan fingerprint density at radius 2 is 2.00 bits per heavy atom. The van der Waals surface area contributed by atoms with Crippen LogP contribution in [0, 0.1) is 6.92 Å². The van der Waals surface area contributed by atoms with E-state index < -0.39 is 0 Å². The number of aromatic nitrogens is 1. The van der Waals surface area contributed by atoms with E-state index in [0.29, 0.717) is 6.54 Å². The Hall–Kier alpha value is -2.40. The van der Waals surface area contributed by atoms with Gasteiger partial charge in [-0.05, 0) is 24.6 Å². The number of carbonyl (C=O) groups is 1. The first-order valence-electron chi connectivity index (χ1n) is 6.35. The third-order valence-electron chi connectivity index (χ3n) is 2.78. The van der Waals surface area contributed by atoms with Crippen LogP contribution >= 0.6 is 0 Å². The average molecular weight is 271 g/mol. The summed E-state index contributed by atoms with van der Waals surface area (Å²) < 4.78 is 0. The van der Waals surface area contributed by atoms with Gasteiger partial charge in [0.05, 0.1) is 6.54 Å². The summed E-state index contributed by atoms with van der Waals surface area (Å²) in [6.45, 7) is 2.80. The number of anilines is 1. The number of hydrogen-bond acceptors (Lipinski definition) is 4. The minimum atomic E-state index is -0.244. The number of nitrogens with one attached hydrogen (secondary N) is 2. The Kier molecular flexibility index (Phi) is 4.68. The molecule has 20 heavy (non-hydrogen) atoms. The zero-order chi connectivity index (χ0) is 14.4. The average Bonchev–Trinajstić information content (AvgIpc) is 2.44. The predicted octanol–water partition coefficient (Wildman–Crippen LogP) is 1.82. The molecule has 1 heterocycles. The molecule has 5 heteroatoms. The van der Waals surface area contributed by atoms with Gasteiger partial charge in [0.2, 0.25) is 5.91 Å². The highest BCUT2D eigenvalue weighted by Gasteiger charge is 2.06. The minimum Gasteiger partial charge on any atom is -0.504 e. The molecule has 2 aromatic rings. The summed E-state index contributed by atoms with van der Waals surface area (Å²) in [7, 11) is 0. The molecule has 3 N–H and O–H groups in total. The molecule has 1 aromatic heterocycles. The van der Waals surface area contributed by atoms with Crippen LogP contribution in [0.15, 0.2) is 42.6 Å². The Balaban J connectivity index is 1.78. The van der Waals surface area contributed by atoms with E-state index in [1.165, 1.54) is 17.8 Å². The van der Waals surface area contributed by atoms with Gasteiger partial charge >= 0.3 is 0 Å². The zero-order valence-corrected chi connectivity index (χ0v) is 11.3. The first kappa shape index (κ1) is 14.0. The highest BCUT2D eigenvalue weighted by atomic mass is 16.3. The van der Waals surface area contributed by atoms with Crippen LogP contribution in [0.4, 0.5) is 5.82 Å². The van der Waals surface area contributed by atoms with Crippen LogP contribution < -0.4 is 10.6 Å². The van der Waals surface area contributed by atoms with Crippen molar-refractivity contribution in [1.82, 2.24) is 10.3 Å². The Bertz CT molecular complexity index is 582. The van der Waals surface area contributed by atoms with Crippen molar-refractivity contribution in [1.29, 1.82) is 0 Å². The number of rotatable bonds is 5. The van der Waals surface area contributed by atoms with E-state index >= 15 is 0 Å². The molecule has 1 amide bonds. The van der Waals surface area contributed by atoms with Crippen molar-refractivity contribution < 1.29 is 9.90 Å². The first-order valence-corrected chi connectivity index (χ1v) is 6.35. The minimum absolute atomic E-state index is 0.0422. The maximum Gasteiger partial charge on any atom is 0.239 e. The Morgan fingerprint density at radius 3 is 2.70 bits per heavy atom. The van der Waals surface area contributed by atoms with Gasteiger partial charge in [-0.25, -0.2) is 4.98 Å². The SMILES string of the molecule is Cc1ccc(CNCC(=O)Nc2ncccc2O)cc1. The molecule has 0 aliphatic carbocycles. The number of aryl methyl sites for hydroxylation is 1. The number of nitrogens with zero attached hydrogens (tertiary/aromatic N) is 1. The van der Waals surface area contributed by atoms with E-state index in [1.807, 2.05) is 31.2 Å². The fourth-order valence-electron chi connectivity index (χ4n) is 1.70. The molecule has 0 atom stereocenters. The molecular formula is C15H17N3O2. The molecule has 0 fully saturated rings. The predicted molar refractivity (Wildman–Crippen MR) is 77.4 cm³/mol. The van der Waals surface area contributed by atoms with E-state index in [4.69, 9.17) is 0 Å². The number of benzene rings is 1. The van der Waals surface area contributed by atoms with E-state index in [1.54, 1.807) is 6.07 Å². The third kappa shape index (κ3) is 4.07. The number of amides is 1. The summed E-state index contributed by atoms with van der Waals surface area (Å²) in [6.07, 6.45) is 1.51. The van der Waals surface area contributed by atoms with Gasteiger partial charge in [-0.3, -0.25) is 4.79 Å². The lowest BCUT2D eigenvalue weighted by atomic mass is 10.1. The monoisotopic (exact) mass is 271 g/mol. The second kappa shape index (κ2) is 6.68. The summed E-state index contributed by atoms with van der Waals surface area (Å²) >= 11 is 0. The van der Waals surface area contributed by atoms with Gasteiger partial charge in [0, 0.05) is 12.7 Å². The van der Waals surface area contributed by atoms with Crippen LogP contribution in [0.1, 0.15) is 11.1 Å². The lowest BCUT2D eigenvalue weighted by Crippen LogP contribution is -2.28. The molecule has 0 aliphatic rings. The van der Waals surface area contributed by atoms with Crippen LogP contribution in [-0.2, 0) is 11.3 Å². The van der Waals surface area contributed by atoms with E-state index in [2.05, 4.69) is 15.6 Å². The maximum absolute atomic E-state index is 11.7. The number of pyridine rings is 1. The van der Waals surface area contributed by atoms with E-state index in [-0.39, 0.29) is 24.0 Å². The van der Waals surface area contributed by atoms with E-state index in [9.17, 15) is 9.90 Å². The van der Waals surface area contributed by atoms with Crippen molar-refractivity contribution in [3.63, 3.8) is 0 Å². The van der Waals surface area contributed by atoms with Gasteiger partial charge in [-0.2, -0.15) is 0 Å². The molecule has 0 aliphatic heterocycles. The van der Waals surface area contributed by atoms with Gasteiger partial charge < -0.3 is 15.7 Å². The summed E-state index contributed by atoms with van der Waals surface area (Å²) in [5.74, 6) is -0.111. The van der Waals surface area contributed by atoms with Crippen LogP contribution in [0.5, 0.6) is 5.75 Å². The van der Waals surface area contributed by atoms with Gasteiger partial charge in [0.15, 0.2) is 11.6 Å². The smallest absolute Gasteiger partial charge is 0.239 e. The van der Waals surface area contributed by atoms with Gasteiger partial charge in [-0.15, -0.1) is 0 Å². The molecule has 2 rings (SSSR count). The molecule has 0 saturated carbocycles. The molecule has 5 nitrogen and oxygen atoms in total. The summed E-state index contributed by atoms with van der Waals surface area (Å²) in [6, 6.07) is 11.2. The van der Waals surface area contributed by atoms with Crippen molar-refractivity contribution in [2.24, 2.45) is 0 Å². The normalized spacial score (nSPS) is 10.2. The fraction of sp³-hybridized carbons (Fsp3) is 0.200. The topological polar surface area (TPSA) is 74.2 Å². The van der Waals surface area contributed by atoms with Crippen molar-refractivity contribution >= 4 is 11.7 Å². The number of carbonyl (C=O) groups excluding carboxylic acids is 1. The van der Waals surface area contributed by atoms with Gasteiger partial charge in [0.25, 0.3) is 0 Å². The van der Waals surface area contributed by atoms with Crippen molar-refractivity contribution in [3.05, 3.63) is 53.7 Å². The standard InChI is InChI=1S/C15H17N3O2/c1-11-4-6-12(7-5-11)9-16-10-14(20)18-15-13(19)3-2-8-17-15/h2-8,16,19H,9-10H2,1H3,(H,17,18,20). The van der Waals surface area contributed by atoms with Crippen molar-refractivity contribution in [3.8, 4) is 5.75 Å². The van der Waals surface area contributed by atoms with Crippen LogP contribution in [0.3, 0.4) is 0 Å². The van der Waals surface area contributed by atoms with Crippen LogP contribution in [0.2, 0.25) is 0 Å². The molecule has 104 valence electrons. The second-order valence-electron chi connectivity index (χ2n) is 4.51. The van der Waals surface area contributed by atoms with Gasteiger partial charge in [-0.1, -0.05) is 29.8 Å². The summed E-state index contributed by atoms with van der Waals surface area (Å²) in [5, 5.41) is 15.1. The zero-order valence-electron chi connectivity index (χ0n) is 11.3. The van der Waals surface area contributed by atoms with Crippen LogP contribution in [0.25, 0.3) is 0 Å². The summed E-state index contributed by atoms with van der Waals surface area (Å²) in [5.41, 5.74) is 2.32. The number of hydrogen-bond donors (Lipinski definition) is 3. The molecule has 0 radical (unpaired) electrons. The number of aromatic hydroxyl groups is 1. The highest BCUT2D eigenvalue weighted by Crippen LogP contribution is 2.17. The molecule has 0 saturated heterocycles. The third-order valence-corrected chi connectivity index (χ3v) is 2.78. The molecule has 0 spiro atoms. The first-order chi connectivity index (χ1) is 9.65. The summed E-state index contributed by atoms with van der Waals surface area (Å²) in [4.78, 5) is 15.6. The van der Waals surface area contributed by atoms with Gasteiger partial charge in [0.1, 0.15) is 0 Å². The Labute approximate surface area is 117 Å². The van der Waals surface area contributed by atoms with Crippen molar-refractivity contribution in [2.75, 3.05) is 11.9 Å². The Morgan fingerprint density at radius 1 is 1.25 bits per heavy atom. The highest BCUT2D eigenvalue weighted by molar-refractivity contribution is 5.92. The molecule has 1 aromatic carbocycles. The lowest BCUT2D eigenvalue weighted by Gasteiger charge is -2.07. The van der Waals surface area contributed by atoms with E-state index in [0.717, 1.165) is 5.56 Å². The quantitative estimate of drug-likeness (QED) is 0.775. The van der Waals surface area contributed by atoms with Crippen molar-refractivity contribution in [2.45, 2.75) is 13.5 Å². The molecule has 0 unspecified atom stereocenters. The second-order valence-corrected chi connectivity index (χ2v) is 4.51. The molecular weight excluding hydrogens is 254 g/mol. The fourth-order valence-corrected chi connectivity index (χ4v) is 1.70.